The van der Waals surface area contributed by atoms with E-state index < -0.39 is 78.9 Å². The van der Waals surface area contributed by atoms with Crippen LogP contribution in [0.4, 0.5) is 10.2 Å². The number of amides is 1. The average molecular weight is 485 g/mol. The van der Waals surface area contributed by atoms with E-state index in [0.29, 0.717) is 10.8 Å². The summed E-state index contributed by atoms with van der Waals surface area (Å²) in [5.74, 6) is -3.02. The molecule has 0 bridgehead atoms. The number of anilines is 1. The minimum atomic E-state index is -1.49. The molecule has 0 saturated carbocycles. The van der Waals surface area contributed by atoms with E-state index in [1.54, 1.807) is 4.98 Å². The normalized spacial score (nSPS) is 21.9. The summed E-state index contributed by atoms with van der Waals surface area (Å²) in [6.45, 7) is -1.26. The van der Waals surface area contributed by atoms with Gasteiger partial charge in [-0.2, -0.15) is 9.37 Å². The quantitative estimate of drug-likeness (QED) is 0.234. The van der Waals surface area contributed by atoms with Crippen molar-refractivity contribution in [3.8, 4) is 0 Å². The van der Waals surface area contributed by atoms with Gasteiger partial charge in [-0.3, -0.25) is 28.5 Å². The highest BCUT2D eigenvalue weighted by Crippen LogP contribution is 2.28. The largest absolute Gasteiger partial charge is 0.444 e. The Morgan fingerprint density at radius 2 is 1.97 bits per heavy atom. The minimum Gasteiger partial charge on any atom is -0.444 e. The molecule has 34 heavy (non-hydrogen) atoms. The summed E-state index contributed by atoms with van der Waals surface area (Å²) < 4.78 is 24.7. The van der Waals surface area contributed by atoms with Gasteiger partial charge in [0.05, 0.1) is 19.2 Å². The van der Waals surface area contributed by atoms with Crippen molar-refractivity contribution in [2.24, 2.45) is 0 Å². The van der Waals surface area contributed by atoms with Crippen LogP contribution in [-0.4, -0.2) is 71.2 Å². The van der Waals surface area contributed by atoms with Gasteiger partial charge in [0.15, 0.2) is 13.0 Å². The highest BCUT2D eigenvalue weighted by Gasteiger charge is 2.43. The number of hydrogen-bond donors (Lipinski definition) is 5. The zero-order chi connectivity index (χ0) is 25.0. The average Bonchev–Trinajstić information content (AvgIpc) is 3.07. The van der Waals surface area contributed by atoms with Gasteiger partial charge in [-0.15, -0.1) is 0 Å². The zero-order valence-corrected chi connectivity index (χ0v) is 17.3. The molecule has 3 rings (SSSR count). The number of aliphatic hydroxyl groups excluding tert-OH is 3. The first kappa shape index (κ1) is 24.9. The highest BCUT2D eigenvalue weighted by molar-refractivity contribution is 5.91. The van der Waals surface area contributed by atoms with Crippen LogP contribution in [0.3, 0.4) is 0 Å². The van der Waals surface area contributed by atoms with Crippen LogP contribution in [0.5, 0.6) is 0 Å². The van der Waals surface area contributed by atoms with Crippen LogP contribution < -0.4 is 22.3 Å². The first-order chi connectivity index (χ1) is 16.1. The van der Waals surface area contributed by atoms with Crippen molar-refractivity contribution >= 4 is 17.7 Å². The van der Waals surface area contributed by atoms with Crippen molar-refractivity contribution < 1.29 is 38.8 Å². The lowest BCUT2D eigenvalue weighted by Gasteiger charge is -2.17. The van der Waals surface area contributed by atoms with Gasteiger partial charge >= 0.3 is 17.3 Å². The Morgan fingerprint density at radius 1 is 1.24 bits per heavy atom. The van der Waals surface area contributed by atoms with E-state index in [1.165, 1.54) is 6.07 Å². The number of nitrogens with zero attached hydrogens (tertiary/aromatic N) is 3. The second-order valence-electron chi connectivity index (χ2n) is 7.13. The van der Waals surface area contributed by atoms with E-state index in [-0.39, 0.29) is 12.2 Å². The number of halogens is 1. The predicted molar refractivity (Wildman–Crippen MR) is 107 cm³/mol. The summed E-state index contributed by atoms with van der Waals surface area (Å²) in [4.78, 5) is 63.8. The number of aliphatic hydroxyl groups is 3. The molecule has 1 amide bonds. The maximum absolute atomic E-state index is 13.2. The highest BCUT2D eigenvalue weighted by atomic mass is 19.1. The maximum Gasteiger partial charge on any atom is 0.351 e. The molecule has 1 unspecified atom stereocenters. The summed E-state index contributed by atoms with van der Waals surface area (Å²) >= 11 is 0. The van der Waals surface area contributed by atoms with Crippen LogP contribution in [0.2, 0.25) is 0 Å². The Labute approximate surface area is 188 Å². The Balaban J connectivity index is 1.51. The summed E-state index contributed by atoms with van der Waals surface area (Å²) in [5, 5.41) is 31.2. The van der Waals surface area contributed by atoms with E-state index in [0.717, 1.165) is 10.8 Å². The first-order valence-electron chi connectivity index (χ1n) is 9.77. The molecule has 1 fully saturated rings. The monoisotopic (exact) mass is 485 g/mol. The van der Waals surface area contributed by atoms with Gasteiger partial charge in [-0.05, 0) is 6.07 Å². The lowest BCUT2D eigenvalue weighted by atomic mass is 10.1. The molecule has 1 aliphatic rings. The van der Waals surface area contributed by atoms with E-state index in [2.05, 4.69) is 10.3 Å². The maximum atomic E-state index is 13.2. The number of ether oxygens (including phenoxy) is 2. The number of carbonyl (C=O) groups excluding carboxylic acids is 2. The van der Waals surface area contributed by atoms with Crippen LogP contribution in [-0.2, 0) is 25.8 Å². The lowest BCUT2D eigenvalue weighted by Crippen LogP contribution is -2.36. The van der Waals surface area contributed by atoms with E-state index in [1.807, 2.05) is 0 Å². The van der Waals surface area contributed by atoms with Crippen LogP contribution in [0.25, 0.3) is 0 Å². The number of rotatable bonds is 8. The van der Waals surface area contributed by atoms with Crippen molar-refractivity contribution in [3.05, 3.63) is 55.6 Å². The van der Waals surface area contributed by atoms with Crippen LogP contribution in [0.1, 0.15) is 19.1 Å². The molecule has 3 heterocycles. The van der Waals surface area contributed by atoms with Gasteiger partial charge in [-0.1, -0.05) is 0 Å². The van der Waals surface area contributed by atoms with E-state index >= 15 is 0 Å². The first-order valence-corrected chi connectivity index (χ1v) is 9.77. The molecule has 4 atom stereocenters. The summed E-state index contributed by atoms with van der Waals surface area (Å²) in [7, 11) is 0. The molecule has 2 aromatic rings. The van der Waals surface area contributed by atoms with Crippen molar-refractivity contribution in [2.75, 3.05) is 11.9 Å². The van der Waals surface area contributed by atoms with Crippen molar-refractivity contribution in [1.29, 1.82) is 0 Å². The number of hydrogen-bond acceptors (Lipinski definition) is 11. The molecule has 1 aliphatic heterocycles. The van der Waals surface area contributed by atoms with Gasteiger partial charge in [0.25, 0.3) is 5.56 Å². The number of aromatic nitrogens is 4. The zero-order valence-electron chi connectivity index (χ0n) is 17.3. The molecular weight excluding hydrogens is 465 g/mol. The van der Waals surface area contributed by atoms with Gasteiger partial charge in [0.2, 0.25) is 11.7 Å². The van der Waals surface area contributed by atoms with Crippen LogP contribution in [0.15, 0.2) is 32.8 Å². The van der Waals surface area contributed by atoms with Gasteiger partial charge in [0.1, 0.15) is 24.1 Å². The SMILES string of the molecule is O=C(CCC(=O)OCn1cc(F)c(=O)[nH]c1=O)Nc1ccn(C2O[C@H](CO)[C@@H](O)[C@@H]2O)c(=O)n1. The summed E-state index contributed by atoms with van der Waals surface area (Å²) in [6, 6.07) is 1.21. The second-order valence-corrected chi connectivity index (χ2v) is 7.13. The van der Waals surface area contributed by atoms with Crippen LogP contribution in [0, 0.1) is 5.82 Å². The third-order valence-electron chi connectivity index (χ3n) is 4.78. The third-order valence-corrected chi connectivity index (χ3v) is 4.78. The molecule has 0 aliphatic carbocycles. The summed E-state index contributed by atoms with van der Waals surface area (Å²) in [6.07, 6.45) is -4.38. The fourth-order valence-electron chi connectivity index (χ4n) is 3.00. The van der Waals surface area contributed by atoms with Crippen molar-refractivity contribution in [1.82, 2.24) is 19.1 Å². The van der Waals surface area contributed by atoms with Crippen LogP contribution >= 0.6 is 0 Å². The molecule has 15 nitrogen and oxygen atoms in total. The summed E-state index contributed by atoms with van der Waals surface area (Å²) in [5.41, 5.74) is -3.13. The molecule has 0 aromatic carbocycles. The Kier molecular flexibility index (Phi) is 7.67. The van der Waals surface area contributed by atoms with Crippen molar-refractivity contribution in [3.63, 3.8) is 0 Å². The molecule has 2 aromatic heterocycles. The van der Waals surface area contributed by atoms with Gasteiger partial charge in [-0.25, -0.2) is 9.59 Å². The standard InChI is InChI=1S/C18H20FN5O10/c19-8-5-23(17(31)22-15(8)30)7-33-12(27)2-1-11(26)20-10-3-4-24(18(32)21-10)16-14(29)13(28)9(6-25)34-16/h3-5,9,13-14,16,25,28-29H,1-2,6-7H2,(H,22,30,31)(H,20,21,26,32)/t9-,13-,14+,16?/m1/s1. The second kappa shape index (κ2) is 10.5. The molecule has 5 N–H and O–H groups in total. The predicted octanol–water partition coefficient (Wildman–Crippen LogP) is -3.24. The van der Waals surface area contributed by atoms with Gasteiger partial charge in [0, 0.05) is 12.6 Å². The topological polar surface area (TPSA) is 215 Å². The Morgan fingerprint density at radius 3 is 2.62 bits per heavy atom. The third kappa shape index (κ3) is 5.60. The molecule has 16 heteroatoms. The number of esters is 1. The Bertz CT molecular complexity index is 1240. The number of nitrogens with one attached hydrogen (secondary N) is 2. The molecule has 184 valence electrons. The molecule has 0 radical (unpaired) electrons. The number of carbonyl (C=O) groups is 2. The molecule has 0 spiro atoms. The van der Waals surface area contributed by atoms with E-state index in [4.69, 9.17) is 14.6 Å². The smallest absolute Gasteiger partial charge is 0.351 e. The fraction of sp³-hybridized carbons (Fsp3) is 0.444. The molecular formula is C18H20FN5O10. The van der Waals surface area contributed by atoms with Crippen molar-refractivity contribution in [2.45, 2.75) is 44.1 Å². The minimum absolute atomic E-state index is 0.165. The lowest BCUT2D eigenvalue weighted by molar-refractivity contribution is -0.148. The van der Waals surface area contributed by atoms with Gasteiger partial charge < -0.3 is 30.1 Å². The Hall–Kier alpha value is -3.73. The molecule has 1 saturated heterocycles. The number of H-pyrrole nitrogens is 1. The van der Waals surface area contributed by atoms with E-state index in [9.17, 15) is 38.6 Å². The number of aromatic amines is 1. The fourth-order valence-corrected chi connectivity index (χ4v) is 3.00.